The number of aliphatic hydroxyl groups excluding tert-OH is 1. The van der Waals surface area contributed by atoms with Gasteiger partial charge in [0.25, 0.3) is 0 Å². The predicted molar refractivity (Wildman–Crippen MR) is 81.4 cm³/mol. The third kappa shape index (κ3) is 2.32. The Kier molecular flexibility index (Phi) is 3.24. The lowest BCUT2D eigenvalue weighted by Crippen LogP contribution is -2.54. The number of fused-ring (bicyclic) bond motifs is 1. The summed E-state index contributed by atoms with van der Waals surface area (Å²) in [5, 5.41) is 20.3. The number of carbonyl (C=O) groups excluding carboxylic acids is 1. The maximum atomic E-state index is 11.3. The molecule has 1 amide bonds. The molecule has 4 rings (SSSR count). The number of nitrogens with zero attached hydrogens (tertiary/aromatic N) is 3. The summed E-state index contributed by atoms with van der Waals surface area (Å²) < 4.78 is 1.81. The van der Waals surface area contributed by atoms with Crippen LogP contribution in [0.15, 0.2) is 24.5 Å². The summed E-state index contributed by atoms with van der Waals surface area (Å²) in [4.78, 5) is 13.1. The molecule has 2 fully saturated rings. The first kappa shape index (κ1) is 13.5. The maximum absolute atomic E-state index is 11.3. The van der Waals surface area contributed by atoms with Crippen LogP contribution in [0, 0.1) is 5.92 Å². The average Bonchev–Trinajstić information content (AvgIpc) is 2.86. The highest BCUT2D eigenvalue weighted by molar-refractivity contribution is 5.81. The number of hydrogen-bond acceptors (Lipinski definition) is 5. The van der Waals surface area contributed by atoms with E-state index in [0.29, 0.717) is 18.9 Å². The molecule has 0 aliphatic carbocycles. The number of nitrogens with one attached hydrogen (secondary N) is 2. The maximum Gasteiger partial charge on any atom is 0.225 e. The average molecular weight is 301 g/mol. The van der Waals surface area contributed by atoms with Crippen molar-refractivity contribution in [2.24, 2.45) is 5.92 Å². The summed E-state index contributed by atoms with van der Waals surface area (Å²) in [6.07, 6.45) is 4.13. The van der Waals surface area contributed by atoms with E-state index >= 15 is 0 Å². The molecule has 2 saturated heterocycles. The van der Waals surface area contributed by atoms with Crippen molar-refractivity contribution in [1.29, 1.82) is 0 Å². The Morgan fingerprint density at radius 1 is 1.41 bits per heavy atom. The molecule has 116 valence electrons. The lowest BCUT2D eigenvalue weighted by molar-refractivity contribution is -0.125. The standard InChI is InChI=1S/C15H19N5O2/c21-14-2-3-19(15(22)18-14)13-9-17-20-4-1-10(6-12(13)20)5-11-7-16-8-11/h1,4,6,9,11,15-16,22H,2-3,5,7-8H2,(H,18,21). The normalized spacial score (nSPS) is 22.7. The van der Waals surface area contributed by atoms with Crippen LogP contribution in [0.4, 0.5) is 5.69 Å². The second-order valence-corrected chi connectivity index (χ2v) is 6.01. The first-order valence-electron chi connectivity index (χ1n) is 7.62. The van der Waals surface area contributed by atoms with Crippen molar-refractivity contribution in [3.8, 4) is 0 Å². The zero-order chi connectivity index (χ0) is 15.1. The van der Waals surface area contributed by atoms with Crippen molar-refractivity contribution in [1.82, 2.24) is 20.2 Å². The molecule has 1 atom stereocenters. The van der Waals surface area contributed by atoms with E-state index in [9.17, 15) is 9.90 Å². The van der Waals surface area contributed by atoms with Crippen molar-refractivity contribution in [3.05, 3.63) is 30.1 Å². The van der Waals surface area contributed by atoms with Crippen LogP contribution in [0.3, 0.4) is 0 Å². The number of aliphatic hydroxyl groups is 1. The zero-order valence-corrected chi connectivity index (χ0v) is 12.2. The SMILES string of the molecule is O=C1CCN(c2cnn3ccc(CC4CNC4)cc23)C(O)N1. The fourth-order valence-electron chi connectivity index (χ4n) is 3.08. The second-order valence-electron chi connectivity index (χ2n) is 6.01. The topological polar surface area (TPSA) is 81.9 Å². The monoisotopic (exact) mass is 301 g/mol. The molecule has 2 aliphatic rings. The number of hydrogen-bond donors (Lipinski definition) is 3. The summed E-state index contributed by atoms with van der Waals surface area (Å²) in [6.45, 7) is 2.65. The Morgan fingerprint density at radius 3 is 3.00 bits per heavy atom. The predicted octanol–water partition coefficient (Wildman–Crippen LogP) is -0.302. The van der Waals surface area contributed by atoms with Gasteiger partial charge in [-0.15, -0.1) is 0 Å². The molecule has 0 aromatic carbocycles. The van der Waals surface area contributed by atoms with Crippen LogP contribution < -0.4 is 15.5 Å². The van der Waals surface area contributed by atoms with E-state index < -0.39 is 6.35 Å². The molecule has 3 N–H and O–H groups in total. The number of anilines is 1. The molecule has 7 heteroatoms. The molecule has 2 aromatic rings. The van der Waals surface area contributed by atoms with Gasteiger partial charge in [0.1, 0.15) is 0 Å². The molecule has 2 aromatic heterocycles. The molecule has 22 heavy (non-hydrogen) atoms. The van der Waals surface area contributed by atoms with E-state index in [2.05, 4.69) is 27.9 Å². The highest BCUT2D eigenvalue weighted by Crippen LogP contribution is 2.26. The van der Waals surface area contributed by atoms with E-state index in [1.54, 1.807) is 15.6 Å². The fraction of sp³-hybridized carbons (Fsp3) is 0.467. The van der Waals surface area contributed by atoms with Crippen LogP contribution in [-0.2, 0) is 11.2 Å². The van der Waals surface area contributed by atoms with Crippen molar-refractivity contribution in [2.45, 2.75) is 19.2 Å². The Labute approximate surface area is 127 Å². The first-order valence-corrected chi connectivity index (χ1v) is 7.62. The Balaban J connectivity index is 1.65. The number of carbonyl (C=O) groups is 1. The van der Waals surface area contributed by atoms with Gasteiger partial charge >= 0.3 is 0 Å². The Hall–Kier alpha value is -2.12. The van der Waals surface area contributed by atoms with Gasteiger partial charge in [-0.1, -0.05) is 0 Å². The molecular weight excluding hydrogens is 282 g/mol. The largest absolute Gasteiger partial charge is 0.356 e. The lowest BCUT2D eigenvalue weighted by Gasteiger charge is -2.33. The lowest BCUT2D eigenvalue weighted by atomic mass is 9.95. The molecule has 0 spiro atoms. The van der Waals surface area contributed by atoms with Gasteiger partial charge in [-0.3, -0.25) is 4.79 Å². The Bertz CT molecular complexity index is 709. The number of pyridine rings is 1. The van der Waals surface area contributed by atoms with Gasteiger partial charge in [-0.2, -0.15) is 5.10 Å². The van der Waals surface area contributed by atoms with Crippen LogP contribution >= 0.6 is 0 Å². The smallest absolute Gasteiger partial charge is 0.225 e. The molecule has 0 saturated carbocycles. The quantitative estimate of drug-likeness (QED) is 0.725. The van der Waals surface area contributed by atoms with Crippen LogP contribution in [0.2, 0.25) is 0 Å². The second kappa shape index (κ2) is 5.26. The van der Waals surface area contributed by atoms with Gasteiger partial charge in [0.2, 0.25) is 12.3 Å². The molecular formula is C15H19N5O2. The minimum atomic E-state index is -0.992. The minimum absolute atomic E-state index is 0.126. The van der Waals surface area contributed by atoms with E-state index in [4.69, 9.17) is 0 Å². The van der Waals surface area contributed by atoms with E-state index in [1.165, 1.54) is 5.56 Å². The van der Waals surface area contributed by atoms with E-state index in [0.717, 1.165) is 30.7 Å². The molecule has 0 bridgehead atoms. The summed E-state index contributed by atoms with van der Waals surface area (Å²) in [6, 6.07) is 4.22. The third-order valence-electron chi connectivity index (χ3n) is 4.43. The summed E-state index contributed by atoms with van der Waals surface area (Å²) in [5.74, 6) is 0.576. The van der Waals surface area contributed by atoms with Crippen molar-refractivity contribution in [3.63, 3.8) is 0 Å². The van der Waals surface area contributed by atoms with Gasteiger partial charge in [0.05, 0.1) is 17.4 Å². The highest BCUT2D eigenvalue weighted by atomic mass is 16.3. The van der Waals surface area contributed by atoms with Gasteiger partial charge in [0, 0.05) is 19.2 Å². The summed E-state index contributed by atoms with van der Waals surface area (Å²) >= 11 is 0. The molecule has 7 nitrogen and oxygen atoms in total. The van der Waals surface area contributed by atoms with Crippen LogP contribution in [0.1, 0.15) is 12.0 Å². The zero-order valence-electron chi connectivity index (χ0n) is 12.2. The van der Waals surface area contributed by atoms with Gasteiger partial charge in [0.15, 0.2) is 0 Å². The van der Waals surface area contributed by atoms with E-state index in [-0.39, 0.29) is 5.91 Å². The van der Waals surface area contributed by atoms with Crippen molar-refractivity contribution in [2.75, 3.05) is 24.5 Å². The van der Waals surface area contributed by atoms with Gasteiger partial charge in [-0.25, -0.2) is 4.52 Å². The first-order chi connectivity index (χ1) is 10.7. The number of rotatable bonds is 3. The Morgan fingerprint density at radius 2 is 2.27 bits per heavy atom. The molecule has 0 radical (unpaired) electrons. The minimum Gasteiger partial charge on any atom is -0.356 e. The molecule has 2 aliphatic heterocycles. The van der Waals surface area contributed by atoms with Crippen LogP contribution in [0.25, 0.3) is 5.52 Å². The highest BCUT2D eigenvalue weighted by Gasteiger charge is 2.26. The van der Waals surface area contributed by atoms with Gasteiger partial charge in [-0.05, 0) is 43.1 Å². The third-order valence-corrected chi connectivity index (χ3v) is 4.43. The number of amides is 1. The fourth-order valence-corrected chi connectivity index (χ4v) is 3.08. The van der Waals surface area contributed by atoms with Crippen LogP contribution in [0.5, 0.6) is 0 Å². The molecule has 1 unspecified atom stereocenters. The van der Waals surface area contributed by atoms with E-state index in [1.807, 2.05) is 6.20 Å². The van der Waals surface area contributed by atoms with Crippen LogP contribution in [-0.4, -0.2) is 46.6 Å². The summed E-state index contributed by atoms with van der Waals surface area (Å²) in [7, 11) is 0. The van der Waals surface area contributed by atoms with Crippen molar-refractivity contribution >= 4 is 17.1 Å². The molecule has 4 heterocycles. The summed E-state index contributed by atoms with van der Waals surface area (Å²) in [5.41, 5.74) is 3.08. The van der Waals surface area contributed by atoms with Gasteiger partial charge < -0.3 is 20.6 Å². The van der Waals surface area contributed by atoms with Crippen molar-refractivity contribution < 1.29 is 9.90 Å². The number of aromatic nitrogens is 2.